The normalized spacial score (nSPS) is 12.2. The molecule has 0 heterocycles. The second-order valence-electron chi connectivity index (χ2n) is 3.49. The summed E-state index contributed by atoms with van der Waals surface area (Å²) in [6.45, 7) is 1.98. The van der Waals surface area contributed by atoms with E-state index in [4.69, 9.17) is 11.6 Å². The second-order valence-corrected chi connectivity index (χ2v) is 5.75. The lowest BCUT2D eigenvalue weighted by Crippen LogP contribution is -2.34. The first kappa shape index (κ1) is 13.9. The first-order valence-corrected chi connectivity index (χ1v) is 7.35. The molecule has 0 bridgehead atoms. The van der Waals surface area contributed by atoms with E-state index in [1.54, 1.807) is 30.0 Å². The molecule has 0 radical (unpaired) electrons. The van der Waals surface area contributed by atoms with E-state index in [0.717, 1.165) is 10.2 Å². The van der Waals surface area contributed by atoms with Gasteiger partial charge < -0.3 is 5.32 Å². The van der Waals surface area contributed by atoms with Gasteiger partial charge in [0.05, 0.1) is 0 Å². The summed E-state index contributed by atoms with van der Waals surface area (Å²) >= 11 is 10.9. The van der Waals surface area contributed by atoms with Crippen LogP contribution in [0.15, 0.2) is 22.7 Å². The number of amides is 1. The number of hydrogen-bond donors (Lipinski definition) is 1. The molecule has 1 amide bonds. The van der Waals surface area contributed by atoms with Gasteiger partial charge in [0, 0.05) is 26.9 Å². The number of halogens is 2. The summed E-state index contributed by atoms with van der Waals surface area (Å²) in [7, 11) is 0. The zero-order valence-electron chi connectivity index (χ0n) is 9.09. The molecule has 1 aromatic rings. The van der Waals surface area contributed by atoms with Crippen molar-refractivity contribution in [3.05, 3.63) is 33.3 Å². The molecule has 0 aliphatic rings. The Kier molecular flexibility index (Phi) is 5.66. The van der Waals surface area contributed by atoms with Gasteiger partial charge in [0.25, 0.3) is 5.91 Å². The molecule has 0 aromatic heterocycles. The molecule has 0 aliphatic heterocycles. The number of thioether (sulfide) groups is 1. The van der Waals surface area contributed by atoms with Crippen LogP contribution < -0.4 is 5.32 Å². The van der Waals surface area contributed by atoms with Crippen molar-refractivity contribution in [1.82, 2.24) is 5.32 Å². The minimum atomic E-state index is -0.0928. The fourth-order valence-corrected chi connectivity index (χ4v) is 2.73. The molecule has 1 rings (SSSR count). The molecule has 0 saturated heterocycles. The summed E-state index contributed by atoms with van der Waals surface area (Å²) in [4.78, 5) is 11.8. The highest BCUT2D eigenvalue weighted by molar-refractivity contribution is 9.10. The van der Waals surface area contributed by atoms with E-state index in [2.05, 4.69) is 21.2 Å². The highest BCUT2D eigenvalue weighted by Crippen LogP contribution is 2.19. The van der Waals surface area contributed by atoms with Crippen molar-refractivity contribution in [2.24, 2.45) is 0 Å². The van der Waals surface area contributed by atoms with Crippen molar-refractivity contribution in [3.8, 4) is 0 Å². The largest absolute Gasteiger partial charge is 0.349 e. The quantitative estimate of drug-likeness (QED) is 0.918. The lowest BCUT2D eigenvalue weighted by Gasteiger charge is -2.12. The smallest absolute Gasteiger partial charge is 0.251 e. The third-order valence-electron chi connectivity index (χ3n) is 1.92. The van der Waals surface area contributed by atoms with Crippen LogP contribution in [0.1, 0.15) is 17.3 Å². The zero-order chi connectivity index (χ0) is 12.1. The average molecular weight is 323 g/mol. The molecule has 1 atom stereocenters. The first-order chi connectivity index (χ1) is 7.52. The third kappa shape index (κ3) is 4.36. The molecule has 1 aromatic carbocycles. The topological polar surface area (TPSA) is 29.1 Å². The number of carbonyl (C=O) groups excluding carboxylic acids is 1. The Labute approximate surface area is 113 Å². The van der Waals surface area contributed by atoms with Crippen LogP contribution in [0.4, 0.5) is 0 Å². The van der Waals surface area contributed by atoms with Gasteiger partial charge in [-0.2, -0.15) is 11.8 Å². The molecule has 2 nitrogen and oxygen atoms in total. The van der Waals surface area contributed by atoms with Crippen LogP contribution in [-0.2, 0) is 0 Å². The van der Waals surface area contributed by atoms with Crippen molar-refractivity contribution in [3.63, 3.8) is 0 Å². The van der Waals surface area contributed by atoms with Crippen LogP contribution in [0.5, 0.6) is 0 Å². The Bertz CT molecular complexity index is 366. The molecule has 16 heavy (non-hydrogen) atoms. The van der Waals surface area contributed by atoms with E-state index in [1.165, 1.54) is 0 Å². The standard InChI is InChI=1S/C11H13BrClNOS/c1-7(6-16-2)14-11(15)8-3-9(12)5-10(13)4-8/h3-5,7H,6H2,1-2H3,(H,14,15). The van der Waals surface area contributed by atoms with Crippen molar-refractivity contribution >= 4 is 45.2 Å². The van der Waals surface area contributed by atoms with Crippen LogP contribution in [0, 0.1) is 0 Å². The molecule has 88 valence electrons. The van der Waals surface area contributed by atoms with E-state index in [1.807, 2.05) is 13.2 Å². The molecule has 1 N–H and O–H groups in total. The van der Waals surface area contributed by atoms with Crippen LogP contribution in [0.3, 0.4) is 0 Å². The minimum Gasteiger partial charge on any atom is -0.349 e. The maximum atomic E-state index is 11.8. The number of carbonyl (C=O) groups is 1. The van der Waals surface area contributed by atoms with Gasteiger partial charge in [-0.3, -0.25) is 4.79 Å². The van der Waals surface area contributed by atoms with E-state index in [-0.39, 0.29) is 11.9 Å². The van der Waals surface area contributed by atoms with Crippen molar-refractivity contribution < 1.29 is 4.79 Å². The van der Waals surface area contributed by atoms with Crippen LogP contribution >= 0.6 is 39.3 Å². The van der Waals surface area contributed by atoms with Gasteiger partial charge in [0.15, 0.2) is 0 Å². The summed E-state index contributed by atoms with van der Waals surface area (Å²) in [5.41, 5.74) is 0.576. The number of hydrogen-bond acceptors (Lipinski definition) is 2. The lowest BCUT2D eigenvalue weighted by molar-refractivity contribution is 0.0943. The molecular weight excluding hydrogens is 310 g/mol. The van der Waals surface area contributed by atoms with Crippen molar-refractivity contribution in [1.29, 1.82) is 0 Å². The van der Waals surface area contributed by atoms with Crippen LogP contribution in [0.2, 0.25) is 5.02 Å². The highest BCUT2D eigenvalue weighted by Gasteiger charge is 2.10. The summed E-state index contributed by atoms with van der Waals surface area (Å²) < 4.78 is 0.808. The predicted octanol–water partition coefficient (Wildman–Crippen LogP) is 3.58. The molecule has 0 fully saturated rings. The molecular formula is C11H13BrClNOS. The SMILES string of the molecule is CSCC(C)NC(=O)c1cc(Cl)cc(Br)c1. The molecule has 5 heteroatoms. The number of benzene rings is 1. The van der Waals surface area contributed by atoms with Gasteiger partial charge in [-0.1, -0.05) is 27.5 Å². The summed E-state index contributed by atoms with van der Waals surface area (Å²) in [6, 6.07) is 5.32. The lowest BCUT2D eigenvalue weighted by atomic mass is 10.2. The maximum absolute atomic E-state index is 11.8. The van der Waals surface area contributed by atoms with Gasteiger partial charge in [0.1, 0.15) is 0 Å². The van der Waals surface area contributed by atoms with Gasteiger partial charge in [-0.05, 0) is 31.4 Å². The highest BCUT2D eigenvalue weighted by atomic mass is 79.9. The predicted molar refractivity (Wildman–Crippen MR) is 74.5 cm³/mol. The zero-order valence-corrected chi connectivity index (χ0v) is 12.2. The Balaban J connectivity index is 2.72. The molecule has 0 saturated carbocycles. The second kappa shape index (κ2) is 6.52. The number of nitrogens with one attached hydrogen (secondary N) is 1. The molecule has 1 unspecified atom stereocenters. The number of rotatable bonds is 4. The Hall–Kier alpha value is -0.190. The van der Waals surface area contributed by atoms with Gasteiger partial charge in [0.2, 0.25) is 0 Å². The van der Waals surface area contributed by atoms with Gasteiger partial charge in [-0.25, -0.2) is 0 Å². The van der Waals surface area contributed by atoms with Crippen LogP contribution in [0.25, 0.3) is 0 Å². The third-order valence-corrected chi connectivity index (χ3v) is 3.43. The maximum Gasteiger partial charge on any atom is 0.251 e. The Morgan fingerprint density at radius 2 is 2.25 bits per heavy atom. The van der Waals surface area contributed by atoms with Gasteiger partial charge in [-0.15, -0.1) is 0 Å². The Morgan fingerprint density at radius 3 is 2.81 bits per heavy atom. The summed E-state index contributed by atoms with van der Waals surface area (Å²) in [5.74, 6) is 0.803. The summed E-state index contributed by atoms with van der Waals surface area (Å²) in [5, 5.41) is 3.47. The van der Waals surface area contributed by atoms with Crippen molar-refractivity contribution in [2.45, 2.75) is 13.0 Å². The fraction of sp³-hybridized carbons (Fsp3) is 0.364. The minimum absolute atomic E-state index is 0.0928. The molecule has 0 spiro atoms. The van der Waals surface area contributed by atoms with Crippen molar-refractivity contribution in [2.75, 3.05) is 12.0 Å². The average Bonchev–Trinajstić information content (AvgIpc) is 2.16. The Morgan fingerprint density at radius 1 is 1.56 bits per heavy atom. The molecule has 0 aliphatic carbocycles. The van der Waals surface area contributed by atoms with Crippen LogP contribution in [-0.4, -0.2) is 24.0 Å². The van der Waals surface area contributed by atoms with E-state index in [9.17, 15) is 4.79 Å². The van der Waals surface area contributed by atoms with E-state index >= 15 is 0 Å². The van der Waals surface area contributed by atoms with E-state index < -0.39 is 0 Å². The van der Waals surface area contributed by atoms with Gasteiger partial charge >= 0.3 is 0 Å². The first-order valence-electron chi connectivity index (χ1n) is 4.79. The fourth-order valence-electron chi connectivity index (χ4n) is 1.28. The monoisotopic (exact) mass is 321 g/mol. The van der Waals surface area contributed by atoms with E-state index in [0.29, 0.717) is 10.6 Å². The summed E-state index contributed by atoms with van der Waals surface area (Å²) in [6.07, 6.45) is 2.01.